The van der Waals surface area contributed by atoms with Crippen molar-refractivity contribution in [3.8, 4) is 5.75 Å². The Morgan fingerprint density at radius 1 is 1.17 bits per heavy atom. The number of ether oxygens (including phenoxy) is 1. The summed E-state index contributed by atoms with van der Waals surface area (Å²) >= 11 is 0. The standard InChI is InChI=1S/C29H31N3O4/c1-4-18-36-24-12-10-23(11-13-24)27(33)25-26(22-8-6-21(7-9-22)20(2)3)32(29(35)28(25)34)16-5-15-31-17-14-30-19-31/h4,6-14,17,19-20,26H,1,5,15-16,18H2,2-3H3,(H,33,34)/p+1. The number of imidazole rings is 1. The molecule has 3 aromatic rings. The predicted molar refractivity (Wildman–Crippen MR) is 137 cm³/mol. The fourth-order valence-electron chi connectivity index (χ4n) is 4.42. The van der Waals surface area contributed by atoms with Crippen LogP contribution in [-0.4, -0.2) is 39.8 Å². The lowest BCUT2D eigenvalue weighted by Crippen LogP contribution is -2.36. The number of H-pyrrole nitrogens is 1. The number of carbonyl (C=O) groups excluding carboxylic acids is 2. The van der Waals surface area contributed by atoms with Gasteiger partial charge in [0.1, 0.15) is 30.5 Å². The molecule has 0 saturated carbocycles. The SMILES string of the molecule is C=CCOc1ccc(/C(O)=C2\C(=O)C(=O)N(CCC[n+]3cc[nH]c3)C2c2ccc(C(C)C)cc2)cc1. The number of aliphatic hydroxyl groups is 1. The van der Waals surface area contributed by atoms with Crippen LogP contribution >= 0.6 is 0 Å². The Labute approximate surface area is 211 Å². The van der Waals surface area contributed by atoms with Crippen LogP contribution in [0.25, 0.3) is 5.76 Å². The molecule has 1 aliphatic rings. The van der Waals surface area contributed by atoms with Crippen LogP contribution in [-0.2, 0) is 16.1 Å². The molecule has 4 rings (SSSR count). The number of amides is 1. The molecule has 186 valence electrons. The second kappa shape index (κ2) is 11.1. The third-order valence-corrected chi connectivity index (χ3v) is 6.37. The van der Waals surface area contributed by atoms with Gasteiger partial charge in [-0.3, -0.25) is 14.6 Å². The number of hydrogen-bond acceptors (Lipinski definition) is 4. The topological polar surface area (TPSA) is 86.5 Å². The molecule has 7 heteroatoms. The fourth-order valence-corrected chi connectivity index (χ4v) is 4.42. The summed E-state index contributed by atoms with van der Waals surface area (Å²) < 4.78 is 7.50. The van der Waals surface area contributed by atoms with Crippen LogP contribution in [0.15, 0.2) is 85.5 Å². The number of aliphatic hydroxyl groups excluding tert-OH is 1. The van der Waals surface area contributed by atoms with Gasteiger partial charge in [0.15, 0.2) is 0 Å². The largest absolute Gasteiger partial charge is 0.507 e. The maximum atomic E-state index is 13.2. The van der Waals surface area contributed by atoms with Gasteiger partial charge in [0, 0.05) is 18.5 Å². The second-order valence-corrected chi connectivity index (χ2v) is 9.14. The number of ketones is 1. The molecule has 0 aliphatic carbocycles. The summed E-state index contributed by atoms with van der Waals surface area (Å²) in [6.07, 6.45) is 7.90. The molecule has 2 heterocycles. The summed E-state index contributed by atoms with van der Waals surface area (Å²) in [4.78, 5) is 31.0. The van der Waals surface area contributed by atoms with E-state index in [1.165, 1.54) is 0 Å². The van der Waals surface area contributed by atoms with Gasteiger partial charge in [0.2, 0.25) is 6.33 Å². The number of carbonyl (C=O) groups is 2. The predicted octanol–water partition coefficient (Wildman–Crippen LogP) is 4.50. The molecule has 0 spiro atoms. The first-order chi connectivity index (χ1) is 17.4. The number of benzene rings is 2. The van der Waals surface area contributed by atoms with Crippen molar-refractivity contribution in [1.82, 2.24) is 9.88 Å². The molecule has 2 N–H and O–H groups in total. The lowest BCUT2D eigenvalue weighted by Gasteiger charge is -2.25. The molecule has 1 amide bonds. The van der Waals surface area contributed by atoms with E-state index in [-0.39, 0.29) is 11.3 Å². The molecule has 1 fully saturated rings. The number of hydrogen-bond donors (Lipinski definition) is 2. The molecule has 1 aromatic heterocycles. The Morgan fingerprint density at radius 3 is 2.50 bits per heavy atom. The minimum atomic E-state index is -0.674. The molecule has 7 nitrogen and oxygen atoms in total. The van der Waals surface area contributed by atoms with Gasteiger partial charge in [-0.05, 0) is 41.3 Å². The van der Waals surface area contributed by atoms with E-state index in [0.29, 0.717) is 43.3 Å². The number of aromatic amines is 1. The van der Waals surface area contributed by atoms with E-state index in [1.54, 1.807) is 35.2 Å². The molecule has 1 unspecified atom stereocenters. The first-order valence-corrected chi connectivity index (χ1v) is 12.1. The van der Waals surface area contributed by atoms with Crippen molar-refractivity contribution in [1.29, 1.82) is 0 Å². The van der Waals surface area contributed by atoms with Crippen molar-refractivity contribution in [2.45, 2.75) is 38.8 Å². The van der Waals surface area contributed by atoms with Crippen LogP contribution in [0.2, 0.25) is 0 Å². The van der Waals surface area contributed by atoms with E-state index in [9.17, 15) is 14.7 Å². The third-order valence-electron chi connectivity index (χ3n) is 6.37. The first-order valence-electron chi connectivity index (χ1n) is 12.1. The number of likely N-dealkylation sites (tertiary alicyclic amines) is 1. The van der Waals surface area contributed by atoms with Crippen LogP contribution in [0.1, 0.15) is 48.9 Å². The number of aryl methyl sites for hydroxylation is 1. The average molecular weight is 487 g/mol. The Morgan fingerprint density at radius 2 is 1.89 bits per heavy atom. The van der Waals surface area contributed by atoms with E-state index in [1.807, 2.05) is 47.6 Å². The quantitative estimate of drug-likeness (QED) is 0.145. The van der Waals surface area contributed by atoms with Gasteiger partial charge in [-0.25, -0.2) is 4.57 Å². The summed E-state index contributed by atoms with van der Waals surface area (Å²) in [5, 5.41) is 11.3. The van der Waals surface area contributed by atoms with Crippen LogP contribution in [0.5, 0.6) is 5.75 Å². The van der Waals surface area contributed by atoms with Gasteiger partial charge >= 0.3 is 0 Å². The molecule has 36 heavy (non-hydrogen) atoms. The van der Waals surface area contributed by atoms with Crippen LogP contribution in [0.3, 0.4) is 0 Å². The Balaban J connectivity index is 1.70. The summed E-state index contributed by atoms with van der Waals surface area (Å²) in [6.45, 7) is 9.30. The molecular formula is C29H32N3O4+. The van der Waals surface area contributed by atoms with Crippen molar-refractivity contribution in [3.63, 3.8) is 0 Å². The van der Waals surface area contributed by atoms with E-state index >= 15 is 0 Å². The van der Waals surface area contributed by atoms with Crippen LogP contribution in [0, 0.1) is 0 Å². The van der Waals surface area contributed by atoms with Gasteiger partial charge in [0.05, 0.1) is 18.2 Å². The molecule has 0 radical (unpaired) electrons. The Bertz CT molecular complexity index is 1240. The van der Waals surface area contributed by atoms with Crippen molar-refractivity contribution < 1.29 is 24.0 Å². The van der Waals surface area contributed by atoms with Crippen LogP contribution in [0.4, 0.5) is 0 Å². The van der Waals surface area contributed by atoms with Gasteiger partial charge in [0.25, 0.3) is 11.7 Å². The highest BCUT2D eigenvalue weighted by atomic mass is 16.5. The smallest absolute Gasteiger partial charge is 0.295 e. The molecule has 2 aromatic carbocycles. The summed E-state index contributed by atoms with van der Waals surface area (Å²) in [6, 6.07) is 14.1. The Hall–Kier alpha value is -4.13. The van der Waals surface area contributed by atoms with E-state index in [2.05, 4.69) is 25.4 Å². The number of rotatable bonds is 10. The lowest BCUT2D eigenvalue weighted by molar-refractivity contribution is -0.695. The maximum Gasteiger partial charge on any atom is 0.295 e. The van der Waals surface area contributed by atoms with Gasteiger partial charge in [-0.2, -0.15) is 0 Å². The fraction of sp³-hybridized carbons (Fsp3) is 0.276. The zero-order valence-corrected chi connectivity index (χ0v) is 20.7. The van der Waals surface area contributed by atoms with Crippen molar-refractivity contribution >= 4 is 17.4 Å². The van der Waals surface area contributed by atoms with Crippen molar-refractivity contribution in [3.05, 3.63) is 102 Å². The molecular weight excluding hydrogens is 454 g/mol. The summed E-state index contributed by atoms with van der Waals surface area (Å²) in [7, 11) is 0. The summed E-state index contributed by atoms with van der Waals surface area (Å²) in [5.74, 6) is -0.490. The lowest BCUT2D eigenvalue weighted by atomic mass is 9.93. The van der Waals surface area contributed by atoms with E-state index in [0.717, 1.165) is 11.1 Å². The van der Waals surface area contributed by atoms with Crippen LogP contribution < -0.4 is 9.30 Å². The first kappa shape index (κ1) is 25.0. The van der Waals surface area contributed by atoms with E-state index in [4.69, 9.17) is 4.74 Å². The van der Waals surface area contributed by atoms with E-state index < -0.39 is 17.7 Å². The average Bonchev–Trinajstić information content (AvgIpc) is 3.50. The zero-order chi connectivity index (χ0) is 25.7. The molecule has 1 atom stereocenters. The number of nitrogens with one attached hydrogen (secondary N) is 1. The molecule has 1 aliphatic heterocycles. The van der Waals surface area contributed by atoms with Gasteiger partial charge in [-0.1, -0.05) is 50.8 Å². The molecule has 1 saturated heterocycles. The zero-order valence-electron chi connectivity index (χ0n) is 20.7. The maximum absolute atomic E-state index is 13.2. The second-order valence-electron chi connectivity index (χ2n) is 9.14. The number of nitrogens with zero attached hydrogens (tertiary/aromatic N) is 2. The van der Waals surface area contributed by atoms with Gasteiger partial charge in [-0.15, -0.1) is 0 Å². The third kappa shape index (κ3) is 5.25. The molecule has 0 bridgehead atoms. The highest BCUT2D eigenvalue weighted by Crippen LogP contribution is 2.40. The number of aromatic nitrogens is 2. The summed E-state index contributed by atoms with van der Waals surface area (Å²) in [5.41, 5.74) is 2.51. The Kier molecular flexibility index (Phi) is 7.68. The minimum Gasteiger partial charge on any atom is -0.507 e. The van der Waals surface area contributed by atoms with Gasteiger partial charge < -0.3 is 14.7 Å². The van der Waals surface area contributed by atoms with Crippen molar-refractivity contribution in [2.75, 3.05) is 13.2 Å². The highest BCUT2D eigenvalue weighted by molar-refractivity contribution is 6.46. The number of Topliss-reactive ketones (excluding diaryl/α,β-unsaturated/α-hetero) is 1. The van der Waals surface area contributed by atoms with Crippen molar-refractivity contribution in [2.24, 2.45) is 0 Å². The minimum absolute atomic E-state index is 0.103. The monoisotopic (exact) mass is 486 g/mol. The highest BCUT2D eigenvalue weighted by Gasteiger charge is 2.45. The normalized spacial score (nSPS) is 17.1.